The molecule has 0 aliphatic rings. The summed E-state index contributed by atoms with van der Waals surface area (Å²) >= 11 is 5.81. The minimum absolute atomic E-state index is 0.00693. The highest BCUT2D eigenvalue weighted by molar-refractivity contribution is 6.33. The van der Waals surface area contributed by atoms with Gasteiger partial charge in [0.2, 0.25) is 5.91 Å². The van der Waals surface area contributed by atoms with Crippen molar-refractivity contribution in [3.8, 4) is 0 Å². The first-order valence-corrected chi connectivity index (χ1v) is 6.14. The second kappa shape index (κ2) is 6.04. The molecule has 1 aromatic carbocycles. The van der Waals surface area contributed by atoms with Gasteiger partial charge >= 0.3 is 5.97 Å². The van der Waals surface area contributed by atoms with Crippen molar-refractivity contribution in [2.45, 2.75) is 26.3 Å². The van der Waals surface area contributed by atoms with Gasteiger partial charge in [-0.3, -0.25) is 4.79 Å². The van der Waals surface area contributed by atoms with E-state index in [4.69, 9.17) is 16.7 Å². The zero-order valence-corrected chi connectivity index (χ0v) is 11.8. The number of carbonyl (C=O) groups excluding carboxylic acids is 1. The summed E-state index contributed by atoms with van der Waals surface area (Å²) in [5.41, 5.74) is 0.325. The molecule has 104 valence electrons. The van der Waals surface area contributed by atoms with Crippen molar-refractivity contribution < 1.29 is 14.7 Å². The van der Waals surface area contributed by atoms with Gasteiger partial charge in [-0.2, -0.15) is 0 Å². The zero-order valence-electron chi connectivity index (χ0n) is 11.1. The van der Waals surface area contributed by atoms with Gasteiger partial charge in [-0.1, -0.05) is 11.6 Å². The molecule has 1 amide bonds. The van der Waals surface area contributed by atoms with E-state index in [1.165, 1.54) is 18.2 Å². The van der Waals surface area contributed by atoms with Crippen LogP contribution in [0.2, 0.25) is 5.02 Å². The molecule has 0 unspecified atom stereocenters. The fraction of sp³-hybridized carbons (Fsp3) is 0.385. The molecule has 6 heteroatoms. The van der Waals surface area contributed by atoms with E-state index in [1.807, 2.05) is 20.8 Å². The number of nitrogens with one attached hydrogen (secondary N) is 2. The average Bonchev–Trinajstić information content (AvgIpc) is 2.25. The zero-order chi connectivity index (χ0) is 14.6. The topological polar surface area (TPSA) is 78.4 Å². The van der Waals surface area contributed by atoms with Crippen LogP contribution in [0, 0.1) is 0 Å². The van der Waals surface area contributed by atoms with E-state index >= 15 is 0 Å². The minimum Gasteiger partial charge on any atom is -0.478 e. The van der Waals surface area contributed by atoms with Crippen LogP contribution in [-0.4, -0.2) is 29.1 Å². The molecule has 3 N–H and O–H groups in total. The molecule has 0 fully saturated rings. The lowest BCUT2D eigenvalue weighted by Crippen LogP contribution is -2.41. The first-order valence-electron chi connectivity index (χ1n) is 5.77. The molecular weight excluding hydrogens is 268 g/mol. The van der Waals surface area contributed by atoms with E-state index in [0.717, 1.165) is 0 Å². The van der Waals surface area contributed by atoms with Crippen LogP contribution in [-0.2, 0) is 4.79 Å². The first kappa shape index (κ1) is 15.5. The maximum Gasteiger partial charge on any atom is 0.337 e. The summed E-state index contributed by atoms with van der Waals surface area (Å²) in [5, 5.41) is 14.6. The van der Waals surface area contributed by atoms with Crippen molar-refractivity contribution in [3.05, 3.63) is 28.8 Å². The molecule has 0 heterocycles. The van der Waals surface area contributed by atoms with E-state index in [1.54, 1.807) is 0 Å². The fourth-order valence-electron chi connectivity index (χ4n) is 1.32. The van der Waals surface area contributed by atoms with E-state index in [-0.39, 0.29) is 28.6 Å². The van der Waals surface area contributed by atoms with Crippen LogP contribution < -0.4 is 10.6 Å². The Hall–Kier alpha value is -1.59. The third-order valence-electron chi connectivity index (χ3n) is 2.26. The molecular formula is C13H17ClN2O3. The Morgan fingerprint density at radius 3 is 2.42 bits per heavy atom. The predicted molar refractivity (Wildman–Crippen MR) is 74.8 cm³/mol. The molecule has 5 nitrogen and oxygen atoms in total. The number of rotatable bonds is 4. The number of carbonyl (C=O) groups is 2. The number of hydrogen-bond donors (Lipinski definition) is 3. The van der Waals surface area contributed by atoms with Crippen molar-refractivity contribution in [1.82, 2.24) is 5.32 Å². The van der Waals surface area contributed by atoms with Crippen molar-refractivity contribution in [1.29, 1.82) is 0 Å². The first-order chi connectivity index (χ1) is 8.69. The standard InChI is InChI=1S/C13H17ClN2O3/c1-13(2,3)15-7-11(17)16-8-4-5-9(12(18)19)10(14)6-8/h4-6,15H,7H2,1-3H3,(H,16,17)(H,18,19). The molecule has 0 aromatic heterocycles. The summed E-state index contributed by atoms with van der Waals surface area (Å²) in [6.07, 6.45) is 0. The summed E-state index contributed by atoms with van der Waals surface area (Å²) in [7, 11) is 0. The maximum atomic E-state index is 11.7. The summed E-state index contributed by atoms with van der Waals surface area (Å²) in [6, 6.07) is 4.28. The molecule has 0 aliphatic carbocycles. The second-order valence-corrected chi connectivity index (χ2v) is 5.56. The molecule has 0 aliphatic heterocycles. The molecule has 1 aromatic rings. The monoisotopic (exact) mass is 284 g/mol. The lowest BCUT2D eigenvalue weighted by Gasteiger charge is -2.20. The summed E-state index contributed by atoms with van der Waals surface area (Å²) in [5.74, 6) is -1.31. The van der Waals surface area contributed by atoms with Gasteiger partial charge in [-0.15, -0.1) is 0 Å². The minimum atomic E-state index is -1.10. The van der Waals surface area contributed by atoms with Crippen molar-refractivity contribution in [3.63, 3.8) is 0 Å². The third-order valence-corrected chi connectivity index (χ3v) is 2.58. The number of anilines is 1. The Morgan fingerprint density at radius 1 is 1.32 bits per heavy atom. The Morgan fingerprint density at radius 2 is 1.95 bits per heavy atom. The second-order valence-electron chi connectivity index (χ2n) is 5.15. The van der Waals surface area contributed by atoms with Crippen LogP contribution in [0.1, 0.15) is 31.1 Å². The number of benzene rings is 1. The highest BCUT2D eigenvalue weighted by atomic mass is 35.5. The summed E-state index contributed by atoms with van der Waals surface area (Å²) in [6.45, 7) is 6.04. The van der Waals surface area contributed by atoms with E-state index in [0.29, 0.717) is 5.69 Å². The number of carboxylic acid groups (broad SMARTS) is 1. The van der Waals surface area contributed by atoms with Crippen molar-refractivity contribution >= 4 is 29.2 Å². The van der Waals surface area contributed by atoms with E-state index < -0.39 is 5.97 Å². The van der Waals surface area contributed by atoms with Gasteiger partial charge in [0.15, 0.2) is 0 Å². The molecule has 0 spiro atoms. The van der Waals surface area contributed by atoms with Gasteiger partial charge in [0.1, 0.15) is 0 Å². The average molecular weight is 285 g/mol. The molecule has 19 heavy (non-hydrogen) atoms. The number of carboxylic acids is 1. The summed E-state index contributed by atoms with van der Waals surface area (Å²) < 4.78 is 0. The van der Waals surface area contributed by atoms with Gasteiger partial charge in [0, 0.05) is 11.2 Å². The lowest BCUT2D eigenvalue weighted by molar-refractivity contribution is -0.115. The fourth-order valence-corrected chi connectivity index (χ4v) is 1.58. The quantitative estimate of drug-likeness (QED) is 0.793. The molecule has 0 atom stereocenters. The number of amides is 1. The Bertz CT molecular complexity index is 495. The molecule has 0 bridgehead atoms. The Kier molecular flexibility index (Phi) is 4.91. The number of aromatic carboxylic acids is 1. The Labute approximate surface area is 117 Å². The van der Waals surface area contributed by atoms with Gasteiger partial charge < -0.3 is 15.7 Å². The van der Waals surface area contributed by atoms with Gasteiger partial charge in [-0.25, -0.2) is 4.79 Å². The van der Waals surface area contributed by atoms with Gasteiger partial charge in [0.25, 0.3) is 0 Å². The van der Waals surface area contributed by atoms with Gasteiger partial charge in [-0.05, 0) is 39.0 Å². The van der Waals surface area contributed by atoms with E-state index in [9.17, 15) is 9.59 Å². The predicted octanol–water partition coefficient (Wildman–Crippen LogP) is 2.36. The molecule has 1 rings (SSSR count). The van der Waals surface area contributed by atoms with Crippen molar-refractivity contribution in [2.75, 3.05) is 11.9 Å². The number of halogens is 1. The van der Waals surface area contributed by atoms with Crippen LogP contribution in [0.3, 0.4) is 0 Å². The van der Waals surface area contributed by atoms with Crippen LogP contribution in [0.4, 0.5) is 5.69 Å². The van der Waals surface area contributed by atoms with Crippen LogP contribution in [0.15, 0.2) is 18.2 Å². The lowest BCUT2D eigenvalue weighted by atomic mass is 10.1. The van der Waals surface area contributed by atoms with Gasteiger partial charge in [0.05, 0.1) is 17.1 Å². The SMILES string of the molecule is CC(C)(C)NCC(=O)Nc1ccc(C(=O)O)c(Cl)c1. The molecule has 0 saturated carbocycles. The van der Waals surface area contributed by atoms with Crippen LogP contribution in [0.25, 0.3) is 0 Å². The van der Waals surface area contributed by atoms with Crippen molar-refractivity contribution in [2.24, 2.45) is 0 Å². The van der Waals surface area contributed by atoms with Crippen LogP contribution in [0.5, 0.6) is 0 Å². The molecule has 0 saturated heterocycles. The van der Waals surface area contributed by atoms with Crippen LogP contribution >= 0.6 is 11.6 Å². The maximum absolute atomic E-state index is 11.7. The smallest absolute Gasteiger partial charge is 0.337 e. The third kappa shape index (κ3) is 5.28. The highest BCUT2D eigenvalue weighted by Gasteiger charge is 2.13. The largest absolute Gasteiger partial charge is 0.478 e. The Balaban J connectivity index is 2.65. The number of hydrogen-bond acceptors (Lipinski definition) is 3. The summed E-state index contributed by atoms with van der Waals surface area (Å²) in [4.78, 5) is 22.4. The highest BCUT2D eigenvalue weighted by Crippen LogP contribution is 2.20. The normalized spacial score (nSPS) is 11.2. The van der Waals surface area contributed by atoms with E-state index in [2.05, 4.69) is 10.6 Å². The molecule has 0 radical (unpaired) electrons.